The van der Waals surface area contributed by atoms with Gasteiger partial charge in [0.25, 0.3) is 0 Å². The first-order chi connectivity index (χ1) is 31.9. The Balaban J connectivity index is 0.910. The molecule has 2 aromatic heterocycles. The summed E-state index contributed by atoms with van der Waals surface area (Å²) >= 11 is 0. The lowest BCUT2D eigenvalue weighted by Crippen LogP contribution is -2.39. The van der Waals surface area contributed by atoms with Crippen LogP contribution < -0.4 is 29.8 Å². The van der Waals surface area contributed by atoms with Gasteiger partial charge in [0.15, 0.2) is 33.9 Å². The van der Waals surface area contributed by atoms with Crippen molar-refractivity contribution >= 4 is 11.9 Å². The number of pyridine rings is 2. The zero-order chi connectivity index (χ0) is 48.0. The fourth-order valence-electron chi connectivity index (χ4n) is 9.86. The molecule has 2 aromatic carbocycles. The highest BCUT2D eigenvalue weighted by Crippen LogP contribution is 2.50. The Kier molecular flexibility index (Phi) is 13.4. The number of carbonyl (C=O) groups is 2. The molecule has 4 heterocycles. The number of carboxylic acid groups (broad SMARTS) is 2. The number of hydrogen-bond donors (Lipinski definition) is 2. The lowest BCUT2D eigenvalue weighted by Gasteiger charge is -2.41. The fourth-order valence-corrected chi connectivity index (χ4v) is 9.86. The number of methoxy groups -OCH3 is 4. The van der Waals surface area contributed by atoms with Crippen molar-refractivity contribution in [3.05, 3.63) is 91.5 Å². The largest absolute Gasteiger partial charge is 0.493 e. The molecule has 0 spiro atoms. The smallest absolute Gasteiger partial charge is 0.341 e. The van der Waals surface area contributed by atoms with Crippen molar-refractivity contribution in [3.8, 4) is 45.5 Å². The average molecular weight is 927 g/mol. The Hall–Kier alpha value is -5.68. The molecule has 2 N–H and O–H groups in total. The third kappa shape index (κ3) is 9.58. The van der Waals surface area contributed by atoms with Gasteiger partial charge >= 0.3 is 11.9 Å². The molecule has 2 atom stereocenters. The molecule has 0 bridgehead atoms. The van der Waals surface area contributed by atoms with Gasteiger partial charge in [-0.2, -0.15) is 0 Å². The monoisotopic (exact) mass is 926 g/mol. The molecule has 67 heavy (non-hydrogen) atoms. The van der Waals surface area contributed by atoms with Crippen molar-refractivity contribution in [3.63, 3.8) is 0 Å². The molecule has 0 radical (unpaired) electrons. The van der Waals surface area contributed by atoms with Crippen molar-refractivity contribution in [2.45, 2.75) is 90.5 Å². The van der Waals surface area contributed by atoms with Crippen LogP contribution in [0, 0.1) is 16.2 Å². The van der Waals surface area contributed by atoms with Gasteiger partial charge < -0.3 is 57.2 Å². The second-order valence-corrected chi connectivity index (χ2v) is 19.9. The van der Waals surface area contributed by atoms with E-state index < -0.39 is 33.6 Å². The number of benzene rings is 2. The number of fused-ring (bicyclic) bond motifs is 6. The van der Waals surface area contributed by atoms with Crippen LogP contribution in [0.5, 0.6) is 23.0 Å². The molecule has 2 saturated carbocycles. The number of ether oxygens (including phenoxy) is 8. The zero-order valence-corrected chi connectivity index (χ0v) is 39.6. The molecule has 0 unspecified atom stereocenters. The van der Waals surface area contributed by atoms with Gasteiger partial charge in [0.1, 0.15) is 17.2 Å². The lowest BCUT2D eigenvalue weighted by atomic mass is 9.77. The van der Waals surface area contributed by atoms with Crippen LogP contribution in [0.2, 0.25) is 0 Å². The summed E-state index contributed by atoms with van der Waals surface area (Å²) in [7, 11) is 6.47. The molecule has 2 aliphatic heterocycles. The second-order valence-electron chi connectivity index (χ2n) is 19.9. The van der Waals surface area contributed by atoms with Crippen molar-refractivity contribution in [2.24, 2.45) is 16.2 Å². The minimum Gasteiger partial charge on any atom is -0.493 e. The summed E-state index contributed by atoms with van der Waals surface area (Å²) in [5.74, 6) is -0.334. The number of carboxylic acids is 2. The molecule has 4 aliphatic rings. The molecule has 0 saturated heterocycles. The molecule has 16 nitrogen and oxygen atoms in total. The van der Waals surface area contributed by atoms with Crippen LogP contribution in [-0.4, -0.2) is 112 Å². The topological polar surface area (TPSA) is 192 Å². The summed E-state index contributed by atoms with van der Waals surface area (Å²) in [5.41, 5.74) is 1.85. The van der Waals surface area contributed by atoms with E-state index in [0.29, 0.717) is 86.9 Å². The standard InChI is InChI=1S/C51H62N2O14/c1-49(2,25-60-5)45-15-29-13-43(41(62-7)19-33(29)37-21-39(54)35(47(56)57)23-52(37)45)66-28-51(9-10-51)27-65-12-11-64-26-50(3,4)46-16-30-14-44(67-32-17-31(18-32)61-6)42(63-8)20-34(30)38-22-40(55)36(48(58)59)24-53(38)46/h13-14,19-24,31-32,45-46H,9-12,15-18,25-28H2,1-8H3,(H,56,57)(H,58,59)/t31-,32-,45-,46-/m0/s1. The normalized spacial score (nSPS) is 20.1. The van der Waals surface area contributed by atoms with Crippen LogP contribution in [0.4, 0.5) is 0 Å². The van der Waals surface area contributed by atoms with E-state index in [-0.39, 0.29) is 40.8 Å². The summed E-state index contributed by atoms with van der Waals surface area (Å²) in [6.07, 6.45) is 7.56. The van der Waals surface area contributed by atoms with Gasteiger partial charge in [0.2, 0.25) is 0 Å². The highest BCUT2D eigenvalue weighted by molar-refractivity contribution is 5.88. The van der Waals surface area contributed by atoms with Crippen LogP contribution in [0.3, 0.4) is 0 Å². The maximum atomic E-state index is 13.1. The molecule has 8 rings (SSSR count). The summed E-state index contributed by atoms with van der Waals surface area (Å²) < 4.78 is 51.7. The van der Waals surface area contributed by atoms with Gasteiger partial charge in [-0.15, -0.1) is 0 Å². The van der Waals surface area contributed by atoms with Crippen LogP contribution in [0.25, 0.3) is 22.5 Å². The number of aromatic nitrogens is 2. The predicted octanol–water partition coefficient (Wildman–Crippen LogP) is 7.10. The SMILES string of the molecule is COCC(C)(C)[C@@H]1Cc2cc(OCC3(COCCOCC(C)(C)[C@@H]4Cc5cc(O[C@H]6C[C@H](OC)C6)c(OC)cc5-c5cc(=O)c(C(=O)O)cn54)CC3)c(OC)cc2-c2cc(=O)c(C(=O)O)cn21. The first-order valence-corrected chi connectivity index (χ1v) is 22.8. The fraction of sp³-hybridized carbons (Fsp3) is 0.529. The zero-order valence-electron chi connectivity index (χ0n) is 39.6. The van der Waals surface area contributed by atoms with E-state index in [1.165, 1.54) is 24.5 Å². The highest BCUT2D eigenvalue weighted by Gasteiger charge is 2.45. The highest BCUT2D eigenvalue weighted by atomic mass is 16.5. The lowest BCUT2D eigenvalue weighted by molar-refractivity contribution is -0.0388. The quantitative estimate of drug-likeness (QED) is 0.0804. The first kappa shape index (κ1) is 47.8. The Morgan fingerprint density at radius 1 is 0.657 bits per heavy atom. The van der Waals surface area contributed by atoms with E-state index >= 15 is 0 Å². The minimum atomic E-state index is -1.28. The van der Waals surface area contributed by atoms with Crippen molar-refractivity contribution in [1.82, 2.24) is 9.13 Å². The molecule has 4 aromatic rings. The van der Waals surface area contributed by atoms with Crippen LogP contribution in [0.15, 0.2) is 58.4 Å². The van der Waals surface area contributed by atoms with Gasteiger partial charge in [0, 0.05) is 91.0 Å². The molecule has 0 amide bonds. The molecular weight excluding hydrogens is 865 g/mol. The van der Waals surface area contributed by atoms with Crippen LogP contribution in [-0.2, 0) is 31.8 Å². The van der Waals surface area contributed by atoms with Crippen molar-refractivity contribution < 1.29 is 57.7 Å². The van der Waals surface area contributed by atoms with E-state index in [4.69, 9.17) is 37.9 Å². The van der Waals surface area contributed by atoms with Crippen LogP contribution in [0.1, 0.15) is 97.3 Å². The summed E-state index contributed by atoms with van der Waals surface area (Å²) in [6.45, 7) is 10.6. The van der Waals surface area contributed by atoms with Gasteiger partial charge in [-0.3, -0.25) is 9.59 Å². The van der Waals surface area contributed by atoms with Crippen molar-refractivity contribution in [2.75, 3.05) is 68.1 Å². The van der Waals surface area contributed by atoms with Crippen LogP contribution >= 0.6 is 0 Å². The maximum absolute atomic E-state index is 13.1. The molecule has 16 heteroatoms. The molecular formula is C51H62N2O14. The first-order valence-electron chi connectivity index (χ1n) is 22.8. The Morgan fingerprint density at radius 2 is 1.16 bits per heavy atom. The van der Waals surface area contributed by atoms with Gasteiger partial charge in [-0.1, -0.05) is 27.7 Å². The molecule has 360 valence electrons. The van der Waals surface area contributed by atoms with Gasteiger partial charge in [-0.05, 0) is 61.1 Å². The van der Waals surface area contributed by atoms with E-state index in [0.717, 1.165) is 47.9 Å². The Morgan fingerprint density at radius 3 is 1.66 bits per heavy atom. The van der Waals surface area contributed by atoms with E-state index in [1.807, 2.05) is 33.4 Å². The maximum Gasteiger partial charge on any atom is 0.341 e. The number of hydrogen-bond acceptors (Lipinski definition) is 12. The Labute approximate surface area is 389 Å². The molecule has 2 aliphatic carbocycles. The van der Waals surface area contributed by atoms with Crippen molar-refractivity contribution in [1.29, 1.82) is 0 Å². The number of rotatable bonds is 21. The average Bonchev–Trinajstić information content (AvgIpc) is 4.05. The summed E-state index contributed by atoms with van der Waals surface area (Å²) in [5, 5.41) is 19.7. The number of aromatic carboxylic acids is 2. The van der Waals surface area contributed by atoms with E-state index in [2.05, 4.69) is 27.7 Å². The Bertz CT molecular complexity index is 2650. The van der Waals surface area contributed by atoms with E-state index in [9.17, 15) is 29.4 Å². The van der Waals surface area contributed by atoms with Gasteiger partial charge in [-0.25, -0.2) is 9.59 Å². The number of nitrogens with zero attached hydrogens (tertiary/aromatic N) is 2. The summed E-state index contributed by atoms with van der Waals surface area (Å²) in [6, 6.07) is 9.98. The van der Waals surface area contributed by atoms with E-state index in [1.54, 1.807) is 28.4 Å². The second kappa shape index (κ2) is 18.8. The third-order valence-corrected chi connectivity index (χ3v) is 14.2. The molecule has 2 fully saturated rings. The predicted molar refractivity (Wildman–Crippen MR) is 247 cm³/mol. The minimum absolute atomic E-state index is 0.00150. The summed E-state index contributed by atoms with van der Waals surface area (Å²) in [4.78, 5) is 50.2. The van der Waals surface area contributed by atoms with Gasteiger partial charge in [0.05, 0.1) is 71.4 Å². The third-order valence-electron chi connectivity index (χ3n) is 14.2.